The molecular formula is C27H35N3O2. The molecule has 2 atom stereocenters. The zero-order valence-electron chi connectivity index (χ0n) is 18.9. The number of carbonyl (C=O) groups excluding carboxylic acids is 2. The van der Waals surface area contributed by atoms with Crippen LogP contribution in [0.4, 0.5) is 0 Å². The minimum absolute atomic E-state index is 0.0732. The molecule has 0 spiro atoms. The summed E-state index contributed by atoms with van der Waals surface area (Å²) in [5.41, 5.74) is 0.419. The van der Waals surface area contributed by atoms with Gasteiger partial charge in [0.25, 0.3) is 5.91 Å². The third-order valence-electron chi connectivity index (χ3n) is 7.40. The molecule has 32 heavy (non-hydrogen) atoms. The van der Waals surface area contributed by atoms with Crippen LogP contribution in [-0.4, -0.2) is 35.3 Å². The van der Waals surface area contributed by atoms with Gasteiger partial charge in [0.15, 0.2) is 0 Å². The Morgan fingerprint density at radius 2 is 1.91 bits per heavy atom. The summed E-state index contributed by atoms with van der Waals surface area (Å²) >= 11 is 0. The first-order chi connectivity index (χ1) is 15.6. The van der Waals surface area contributed by atoms with Gasteiger partial charge in [-0.2, -0.15) is 0 Å². The van der Waals surface area contributed by atoms with Gasteiger partial charge < -0.3 is 20.4 Å². The van der Waals surface area contributed by atoms with Gasteiger partial charge in [-0.15, -0.1) is 6.42 Å². The van der Waals surface area contributed by atoms with Crippen LogP contribution in [-0.2, 0) is 4.79 Å². The monoisotopic (exact) mass is 433 g/mol. The van der Waals surface area contributed by atoms with E-state index in [2.05, 4.69) is 21.5 Å². The number of aldehydes is 1. The van der Waals surface area contributed by atoms with E-state index in [1.807, 2.05) is 30.3 Å². The molecule has 5 heteroatoms. The van der Waals surface area contributed by atoms with E-state index in [1.54, 1.807) is 0 Å². The lowest BCUT2D eigenvalue weighted by atomic mass is 9.79. The zero-order chi connectivity index (χ0) is 22.4. The SMILES string of the molecule is C#C[C@H](CC1CCC1)NCC(C=O)(CC1CCCCC1)NC(=O)c1cc2ccccc2[nH]1. The number of H-pyrrole nitrogens is 1. The summed E-state index contributed by atoms with van der Waals surface area (Å²) in [7, 11) is 0. The quantitative estimate of drug-likeness (QED) is 0.379. The van der Waals surface area contributed by atoms with Crippen molar-refractivity contribution in [2.75, 3.05) is 6.54 Å². The molecule has 1 amide bonds. The van der Waals surface area contributed by atoms with E-state index in [1.165, 1.54) is 38.5 Å². The Bertz CT molecular complexity index is 932. The number of nitrogens with one attached hydrogen (secondary N) is 3. The van der Waals surface area contributed by atoms with Gasteiger partial charge in [0.1, 0.15) is 17.5 Å². The van der Waals surface area contributed by atoms with Gasteiger partial charge in [-0.05, 0) is 36.8 Å². The molecule has 170 valence electrons. The van der Waals surface area contributed by atoms with Crippen molar-refractivity contribution in [3.8, 4) is 12.3 Å². The number of terminal acetylenes is 1. The van der Waals surface area contributed by atoms with Gasteiger partial charge in [-0.1, -0.05) is 75.5 Å². The average Bonchev–Trinajstić information content (AvgIpc) is 3.23. The Morgan fingerprint density at radius 1 is 1.16 bits per heavy atom. The average molecular weight is 434 g/mol. The maximum atomic E-state index is 13.2. The van der Waals surface area contributed by atoms with E-state index in [0.29, 0.717) is 30.5 Å². The summed E-state index contributed by atoms with van der Waals surface area (Å²) < 4.78 is 0. The largest absolute Gasteiger partial charge is 0.351 e. The fourth-order valence-electron chi connectivity index (χ4n) is 5.26. The molecule has 1 unspecified atom stereocenters. The van der Waals surface area contributed by atoms with E-state index < -0.39 is 5.54 Å². The number of carbonyl (C=O) groups is 2. The number of aromatic amines is 1. The number of hydrogen-bond donors (Lipinski definition) is 3. The first-order valence-electron chi connectivity index (χ1n) is 12.2. The molecule has 4 rings (SSSR count). The summed E-state index contributed by atoms with van der Waals surface area (Å²) in [6, 6.07) is 9.57. The summed E-state index contributed by atoms with van der Waals surface area (Å²) in [5.74, 6) is 3.72. The lowest BCUT2D eigenvalue weighted by molar-refractivity contribution is -0.113. The van der Waals surface area contributed by atoms with Crippen LogP contribution in [0.1, 0.15) is 74.7 Å². The third kappa shape index (κ3) is 5.42. The van der Waals surface area contributed by atoms with Crippen LogP contribution in [0.25, 0.3) is 10.9 Å². The lowest BCUT2D eigenvalue weighted by Gasteiger charge is -2.36. The number of aromatic nitrogens is 1. The van der Waals surface area contributed by atoms with Crippen molar-refractivity contribution in [3.05, 3.63) is 36.0 Å². The lowest BCUT2D eigenvalue weighted by Crippen LogP contribution is -2.58. The van der Waals surface area contributed by atoms with Crippen LogP contribution >= 0.6 is 0 Å². The van der Waals surface area contributed by atoms with Crippen LogP contribution in [0.3, 0.4) is 0 Å². The molecule has 3 N–H and O–H groups in total. The zero-order valence-corrected chi connectivity index (χ0v) is 18.9. The van der Waals surface area contributed by atoms with Crippen molar-refractivity contribution in [2.45, 2.75) is 75.8 Å². The molecule has 1 aromatic heterocycles. The molecule has 1 heterocycles. The number of hydrogen-bond acceptors (Lipinski definition) is 3. The van der Waals surface area contributed by atoms with Gasteiger partial charge in [-0.25, -0.2) is 0 Å². The van der Waals surface area contributed by atoms with Gasteiger partial charge in [0, 0.05) is 17.4 Å². The van der Waals surface area contributed by atoms with Crippen LogP contribution in [0.2, 0.25) is 0 Å². The first kappa shape index (κ1) is 22.6. The van der Waals surface area contributed by atoms with E-state index in [9.17, 15) is 9.59 Å². The highest BCUT2D eigenvalue weighted by Crippen LogP contribution is 2.32. The number of benzene rings is 1. The van der Waals surface area contributed by atoms with E-state index in [0.717, 1.165) is 36.5 Å². The molecule has 0 bridgehead atoms. The fraction of sp³-hybridized carbons (Fsp3) is 0.556. The van der Waals surface area contributed by atoms with Gasteiger partial charge in [0.2, 0.25) is 0 Å². The molecule has 1 aromatic carbocycles. The molecule has 0 radical (unpaired) electrons. The molecule has 0 aliphatic heterocycles. The minimum atomic E-state index is -0.967. The van der Waals surface area contributed by atoms with Crippen LogP contribution < -0.4 is 10.6 Å². The van der Waals surface area contributed by atoms with Crippen LogP contribution in [0, 0.1) is 24.2 Å². The van der Waals surface area contributed by atoms with E-state index >= 15 is 0 Å². The molecule has 5 nitrogen and oxygen atoms in total. The fourth-order valence-corrected chi connectivity index (χ4v) is 5.26. The third-order valence-corrected chi connectivity index (χ3v) is 7.40. The Labute approximate surface area is 191 Å². The molecular weight excluding hydrogens is 398 g/mol. The predicted octanol–water partition coefficient (Wildman–Crippen LogP) is 4.59. The highest BCUT2D eigenvalue weighted by atomic mass is 16.2. The van der Waals surface area contributed by atoms with Crippen molar-refractivity contribution in [1.29, 1.82) is 0 Å². The van der Waals surface area contributed by atoms with Crippen molar-refractivity contribution in [1.82, 2.24) is 15.6 Å². The summed E-state index contributed by atoms with van der Waals surface area (Å²) in [5, 5.41) is 7.52. The molecule has 2 aromatic rings. The summed E-state index contributed by atoms with van der Waals surface area (Å²) in [6.07, 6.45) is 17.9. The Hall–Kier alpha value is -2.58. The number of fused-ring (bicyclic) bond motifs is 1. The van der Waals surface area contributed by atoms with Crippen molar-refractivity contribution in [2.24, 2.45) is 11.8 Å². The highest BCUT2D eigenvalue weighted by molar-refractivity contribution is 5.99. The van der Waals surface area contributed by atoms with Gasteiger partial charge in [-0.3, -0.25) is 4.79 Å². The Morgan fingerprint density at radius 3 is 2.56 bits per heavy atom. The van der Waals surface area contributed by atoms with Crippen molar-refractivity contribution >= 4 is 23.1 Å². The van der Waals surface area contributed by atoms with Crippen LogP contribution in [0.5, 0.6) is 0 Å². The van der Waals surface area contributed by atoms with Gasteiger partial charge in [0.05, 0.1) is 6.04 Å². The smallest absolute Gasteiger partial charge is 0.268 e. The second-order valence-electron chi connectivity index (χ2n) is 9.84. The maximum Gasteiger partial charge on any atom is 0.268 e. The van der Waals surface area contributed by atoms with Crippen LogP contribution in [0.15, 0.2) is 30.3 Å². The maximum absolute atomic E-state index is 13.2. The molecule has 2 aliphatic carbocycles. The molecule has 2 saturated carbocycles. The summed E-state index contributed by atoms with van der Waals surface area (Å²) in [4.78, 5) is 28.9. The standard InChI is InChI=1S/C27H35N3O2/c1-2-23(15-20-11-8-12-20)28-18-27(19-31,17-21-9-4-3-5-10-21)30-26(32)25-16-22-13-6-7-14-24(22)29-25/h1,6-7,13-14,16,19-21,23,28-29H,3-5,8-12,15,17-18H2,(H,30,32)/t23-,27?/m1/s1. The minimum Gasteiger partial charge on any atom is -0.351 e. The molecule has 2 fully saturated rings. The Kier molecular flexibility index (Phi) is 7.32. The van der Waals surface area contributed by atoms with E-state index in [4.69, 9.17) is 6.42 Å². The summed E-state index contributed by atoms with van der Waals surface area (Å²) in [6.45, 7) is 0.362. The first-order valence-corrected chi connectivity index (χ1v) is 12.2. The number of para-hydroxylation sites is 1. The second-order valence-corrected chi connectivity index (χ2v) is 9.84. The number of amides is 1. The Balaban J connectivity index is 1.50. The topological polar surface area (TPSA) is 74.0 Å². The normalized spacial score (nSPS) is 20.1. The van der Waals surface area contributed by atoms with Gasteiger partial charge >= 0.3 is 0 Å². The van der Waals surface area contributed by atoms with Crippen molar-refractivity contribution in [3.63, 3.8) is 0 Å². The van der Waals surface area contributed by atoms with Crippen molar-refractivity contribution < 1.29 is 9.59 Å². The molecule has 2 aliphatic rings. The second kappa shape index (κ2) is 10.4. The number of rotatable bonds is 10. The van der Waals surface area contributed by atoms with E-state index in [-0.39, 0.29) is 11.9 Å². The molecule has 0 saturated heterocycles. The predicted molar refractivity (Wildman–Crippen MR) is 128 cm³/mol. The highest BCUT2D eigenvalue weighted by Gasteiger charge is 2.36.